The van der Waals surface area contributed by atoms with Gasteiger partial charge in [-0.15, -0.1) is 0 Å². The predicted molar refractivity (Wildman–Crippen MR) is 100 cm³/mol. The Bertz CT molecular complexity index is 1050. The summed E-state index contributed by atoms with van der Waals surface area (Å²) in [4.78, 5) is 18.0. The van der Waals surface area contributed by atoms with E-state index in [1.807, 2.05) is 11.6 Å². The molecule has 0 unspecified atom stereocenters. The van der Waals surface area contributed by atoms with Gasteiger partial charge in [-0.3, -0.25) is 0 Å². The molecule has 3 aromatic heterocycles. The summed E-state index contributed by atoms with van der Waals surface area (Å²) in [7, 11) is 1.96. The maximum atomic E-state index is 4.68. The van der Waals surface area contributed by atoms with Crippen LogP contribution in [0.2, 0.25) is 0 Å². The number of hydrogen-bond acceptors (Lipinski definition) is 7. The molecule has 0 bridgehead atoms. The Morgan fingerprint density at radius 3 is 2.52 bits per heavy atom. The van der Waals surface area contributed by atoms with E-state index < -0.39 is 0 Å². The molecule has 7 nitrogen and oxygen atoms in total. The van der Waals surface area contributed by atoms with E-state index in [0.29, 0.717) is 0 Å². The Balaban J connectivity index is 1.41. The summed E-state index contributed by atoms with van der Waals surface area (Å²) in [6, 6.07) is 8.43. The van der Waals surface area contributed by atoms with Crippen LogP contribution in [-0.2, 0) is 7.05 Å². The first-order chi connectivity index (χ1) is 12.3. The fourth-order valence-corrected chi connectivity index (χ4v) is 4.19. The molecule has 8 heteroatoms. The molecule has 0 saturated carbocycles. The van der Waals surface area contributed by atoms with Crippen LogP contribution in [0.3, 0.4) is 0 Å². The van der Waals surface area contributed by atoms with Crippen LogP contribution in [-0.4, -0.2) is 50.1 Å². The van der Waals surface area contributed by atoms with E-state index in [1.165, 1.54) is 10.1 Å². The predicted octanol–water partition coefficient (Wildman–Crippen LogP) is 2.30. The van der Waals surface area contributed by atoms with Crippen molar-refractivity contribution in [3.8, 4) is 0 Å². The molecule has 1 saturated heterocycles. The lowest BCUT2D eigenvalue weighted by Gasteiger charge is -2.35. The molecule has 4 aromatic rings. The van der Waals surface area contributed by atoms with Crippen molar-refractivity contribution in [1.29, 1.82) is 0 Å². The van der Waals surface area contributed by atoms with Crippen molar-refractivity contribution in [3.63, 3.8) is 0 Å². The highest BCUT2D eigenvalue weighted by Gasteiger charge is 2.23. The third kappa shape index (κ3) is 2.32. The summed E-state index contributed by atoms with van der Waals surface area (Å²) in [6.45, 7) is 3.64. The van der Waals surface area contributed by atoms with Gasteiger partial charge in [-0.1, -0.05) is 12.1 Å². The van der Waals surface area contributed by atoms with Gasteiger partial charge in [-0.2, -0.15) is 4.37 Å². The summed E-state index contributed by atoms with van der Waals surface area (Å²) in [5.41, 5.74) is 1.75. The van der Waals surface area contributed by atoms with Gasteiger partial charge in [-0.25, -0.2) is 15.0 Å². The number of aromatic nitrogens is 5. The average Bonchev–Trinajstić information content (AvgIpc) is 3.26. The van der Waals surface area contributed by atoms with Crippen LogP contribution in [0, 0.1) is 0 Å². The average molecular weight is 351 g/mol. The van der Waals surface area contributed by atoms with Gasteiger partial charge in [0.15, 0.2) is 17.0 Å². The van der Waals surface area contributed by atoms with Gasteiger partial charge in [0, 0.05) is 38.6 Å². The minimum Gasteiger partial charge on any atom is -0.352 e. The molecule has 1 aliphatic heterocycles. The van der Waals surface area contributed by atoms with Crippen molar-refractivity contribution in [2.45, 2.75) is 0 Å². The molecule has 0 amide bonds. The SMILES string of the molecule is Cn1cnc2c(N3CCN(c4nsc5ccccc45)CC3)ncnc21. The highest BCUT2D eigenvalue weighted by molar-refractivity contribution is 7.13. The van der Waals surface area contributed by atoms with Gasteiger partial charge in [0.2, 0.25) is 0 Å². The number of piperazine rings is 1. The quantitative estimate of drug-likeness (QED) is 0.552. The lowest BCUT2D eigenvalue weighted by atomic mass is 10.2. The summed E-state index contributed by atoms with van der Waals surface area (Å²) in [6.07, 6.45) is 3.42. The smallest absolute Gasteiger partial charge is 0.165 e. The number of nitrogens with zero attached hydrogens (tertiary/aromatic N) is 7. The van der Waals surface area contributed by atoms with E-state index in [-0.39, 0.29) is 0 Å². The molecule has 0 atom stereocenters. The molecular weight excluding hydrogens is 334 g/mol. The Morgan fingerprint density at radius 2 is 1.68 bits per heavy atom. The van der Waals surface area contributed by atoms with Gasteiger partial charge in [0.1, 0.15) is 12.1 Å². The molecule has 0 radical (unpaired) electrons. The zero-order valence-corrected chi connectivity index (χ0v) is 14.6. The number of anilines is 2. The molecule has 5 rings (SSSR count). The number of fused-ring (bicyclic) bond motifs is 2. The van der Waals surface area contributed by atoms with E-state index in [1.54, 1.807) is 24.2 Å². The number of rotatable bonds is 2. The van der Waals surface area contributed by atoms with E-state index in [2.05, 4.69) is 53.4 Å². The summed E-state index contributed by atoms with van der Waals surface area (Å²) in [5.74, 6) is 2.03. The summed E-state index contributed by atoms with van der Waals surface area (Å²) < 4.78 is 7.85. The molecule has 1 aromatic carbocycles. The number of aryl methyl sites for hydroxylation is 1. The van der Waals surface area contributed by atoms with Crippen LogP contribution in [0.15, 0.2) is 36.9 Å². The maximum Gasteiger partial charge on any atom is 0.165 e. The lowest BCUT2D eigenvalue weighted by molar-refractivity contribution is 0.646. The normalized spacial score (nSPS) is 15.4. The number of benzene rings is 1. The Labute approximate surface area is 148 Å². The minimum atomic E-state index is 0.873. The first-order valence-electron chi connectivity index (χ1n) is 8.27. The van der Waals surface area contributed by atoms with Gasteiger partial charge in [0.25, 0.3) is 0 Å². The fourth-order valence-electron chi connectivity index (χ4n) is 3.40. The fraction of sp³-hybridized carbons (Fsp3) is 0.294. The molecule has 126 valence electrons. The Kier molecular flexibility index (Phi) is 3.30. The van der Waals surface area contributed by atoms with E-state index in [9.17, 15) is 0 Å². The standard InChI is InChI=1S/C17H17N7S/c1-22-11-20-14-16(22)18-10-19-17(14)24-8-6-23(7-9-24)15-12-4-2-3-5-13(12)25-21-15/h2-5,10-11H,6-9H2,1H3. The first kappa shape index (κ1) is 14.6. The van der Waals surface area contributed by atoms with E-state index in [0.717, 1.165) is 49.0 Å². The summed E-state index contributed by atoms with van der Waals surface area (Å²) >= 11 is 1.57. The van der Waals surface area contributed by atoms with Gasteiger partial charge in [0.05, 0.1) is 11.0 Å². The largest absolute Gasteiger partial charge is 0.352 e. The molecule has 4 heterocycles. The van der Waals surface area contributed by atoms with E-state index >= 15 is 0 Å². The zero-order valence-electron chi connectivity index (χ0n) is 13.8. The second-order valence-corrected chi connectivity index (χ2v) is 7.01. The highest BCUT2D eigenvalue weighted by Crippen LogP contribution is 2.30. The third-order valence-electron chi connectivity index (χ3n) is 4.71. The zero-order chi connectivity index (χ0) is 16.8. The topological polar surface area (TPSA) is 63.0 Å². The summed E-state index contributed by atoms with van der Waals surface area (Å²) in [5, 5.41) is 1.25. The Hall–Kier alpha value is -2.74. The van der Waals surface area contributed by atoms with Crippen molar-refractivity contribution in [2.75, 3.05) is 36.0 Å². The molecule has 1 aliphatic rings. The highest BCUT2D eigenvalue weighted by atomic mass is 32.1. The van der Waals surface area contributed by atoms with Crippen LogP contribution < -0.4 is 9.80 Å². The van der Waals surface area contributed by atoms with Gasteiger partial charge in [-0.05, 0) is 23.7 Å². The Morgan fingerprint density at radius 1 is 0.920 bits per heavy atom. The van der Waals surface area contributed by atoms with Crippen molar-refractivity contribution in [2.24, 2.45) is 7.05 Å². The van der Waals surface area contributed by atoms with Crippen molar-refractivity contribution >= 4 is 44.4 Å². The molecule has 1 fully saturated rings. The van der Waals surface area contributed by atoms with Crippen LogP contribution in [0.5, 0.6) is 0 Å². The van der Waals surface area contributed by atoms with Crippen LogP contribution in [0.1, 0.15) is 0 Å². The van der Waals surface area contributed by atoms with Crippen LogP contribution >= 0.6 is 11.5 Å². The number of hydrogen-bond donors (Lipinski definition) is 0. The second-order valence-electron chi connectivity index (χ2n) is 6.20. The second kappa shape index (κ2) is 5.66. The molecule has 25 heavy (non-hydrogen) atoms. The first-order valence-corrected chi connectivity index (χ1v) is 9.05. The van der Waals surface area contributed by atoms with Crippen molar-refractivity contribution in [3.05, 3.63) is 36.9 Å². The monoisotopic (exact) mass is 351 g/mol. The molecule has 0 aliphatic carbocycles. The maximum absolute atomic E-state index is 4.68. The van der Waals surface area contributed by atoms with Gasteiger partial charge < -0.3 is 14.4 Å². The van der Waals surface area contributed by atoms with Gasteiger partial charge >= 0.3 is 0 Å². The molecule has 0 N–H and O–H groups in total. The lowest BCUT2D eigenvalue weighted by Crippen LogP contribution is -2.47. The van der Waals surface area contributed by atoms with Crippen LogP contribution in [0.4, 0.5) is 11.6 Å². The van der Waals surface area contributed by atoms with E-state index in [4.69, 9.17) is 0 Å². The van der Waals surface area contributed by atoms with Crippen molar-refractivity contribution in [1.82, 2.24) is 23.9 Å². The molecular formula is C17H17N7S. The minimum absolute atomic E-state index is 0.873. The third-order valence-corrected chi connectivity index (χ3v) is 5.53. The number of imidazole rings is 1. The van der Waals surface area contributed by atoms with Crippen molar-refractivity contribution < 1.29 is 0 Å². The van der Waals surface area contributed by atoms with Crippen LogP contribution in [0.25, 0.3) is 21.3 Å². The molecule has 0 spiro atoms.